The third-order valence-electron chi connectivity index (χ3n) is 3.95. The van der Waals surface area contributed by atoms with Gasteiger partial charge >= 0.3 is 0 Å². The van der Waals surface area contributed by atoms with Crippen molar-refractivity contribution in [2.24, 2.45) is 13.0 Å². The zero-order valence-electron chi connectivity index (χ0n) is 12.3. The molecule has 3 rings (SSSR count). The Morgan fingerprint density at radius 2 is 1.95 bits per heavy atom. The van der Waals surface area contributed by atoms with Crippen molar-refractivity contribution in [1.82, 2.24) is 9.88 Å². The largest absolute Gasteiger partial charge is 0.366 e. The number of amides is 1. The highest BCUT2D eigenvalue weighted by atomic mass is 16.3. The molecular weight excluding hydrogens is 268 g/mol. The highest BCUT2D eigenvalue weighted by molar-refractivity contribution is 6.02. The predicted molar refractivity (Wildman–Crippen MR) is 80.0 cm³/mol. The molecule has 0 bridgehead atoms. The molecule has 5 heteroatoms. The summed E-state index contributed by atoms with van der Waals surface area (Å²) in [7, 11) is 1.77. The number of nitrogens with one attached hydrogen (secondary N) is 1. The Morgan fingerprint density at radius 1 is 1.29 bits per heavy atom. The van der Waals surface area contributed by atoms with Gasteiger partial charge in [-0.15, -0.1) is 0 Å². The van der Waals surface area contributed by atoms with Crippen LogP contribution in [0.3, 0.4) is 0 Å². The number of aliphatic hydroxyl groups is 1. The van der Waals surface area contributed by atoms with Crippen LogP contribution in [0, 0.1) is 5.92 Å². The van der Waals surface area contributed by atoms with E-state index in [0.717, 1.165) is 0 Å². The van der Waals surface area contributed by atoms with Crippen molar-refractivity contribution in [2.45, 2.75) is 26.0 Å². The summed E-state index contributed by atoms with van der Waals surface area (Å²) in [6.45, 7) is 3.92. The first kappa shape index (κ1) is 13.8. The van der Waals surface area contributed by atoms with Crippen molar-refractivity contribution in [1.29, 1.82) is 0 Å². The lowest BCUT2D eigenvalue weighted by Gasteiger charge is -2.27. The first-order chi connectivity index (χ1) is 9.85. The van der Waals surface area contributed by atoms with Crippen molar-refractivity contribution < 1.29 is 9.90 Å². The number of hydrogen-bond acceptors (Lipinski definition) is 3. The average molecular weight is 286 g/mol. The number of para-hydroxylation sites is 1. The molecule has 0 aliphatic carbocycles. The summed E-state index contributed by atoms with van der Waals surface area (Å²) in [6, 6.07) is 7.11. The highest BCUT2D eigenvalue weighted by Gasteiger charge is 2.45. The van der Waals surface area contributed by atoms with Gasteiger partial charge in [-0.05, 0) is 18.1 Å². The minimum Gasteiger partial charge on any atom is -0.366 e. The van der Waals surface area contributed by atoms with Gasteiger partial charge in [0.2, 0.25) is 5.43 Å². The SMILES string of the molecule is CC(C)C[C@@]1(O)NC(=O)c2c1n(C)c1ccccc1c2=O. The molecule has 0 radical (unpaired) electrons. The monoisotopic (exact) mass is 286 g/mol. The molecule has 2 heterocycles. The van der Waals surface area contributed by atoms with Crippen molar-refractivity contribution in [3.63, 3.8) is 0 Å². The highest BCUT2D eigenvalue weighted by Crippen LogP contribution is 2.34. The lowest BCUT2D eigenvalue weighted by Crippen LogP contribution is -2.41. The lowest BCUT2D eigenvalue weighted by atomic mass is 9.96. The molecule has 1 aliphatic heterocycles. The second-order valence-electron chi connectivity index (χ2n) is 6.04. The summed E-state index contributed by atoms with van der Waals surface area (Å²) in [4.78, 5) is 24.8. The van der Waals surface area contributed by atoms with Crippen LogP contribution in [-0.2, 0) is 12.8 Å². The Morgan fingerprint density at radius 3 is 2.62 bits per heavy atom. The standard InChI is InChI=1S/C16H18N2O3/c1-9(2)8-16(21)14-12(15(20)17-16)13(19)10-6-4-5-7-11(10)18(14)3/h4-7,9,21H,8H2,1-3H3,(H,17,20)/t16-/m0/s1. The van der Waals surface area contributed by atoms with Crippen LogP contribution in [-0.4, -0.2) is 15.6 Å². The maximum absolute atomic E-state index is 12.6. The van der Waals surface area contributed by atoms with E-state index >= 15 is 0 Å². The first-order valence-electron chi connectivity index (χ1n) is 7.02. The minimum atomic E-state index is -1.49. The molecule has 0 saturated heterocycles. The lowest BCUT2D eigenvalue weighted by molar-refractivity contribution is -0.0104. The molecule has 2 aromatic rings. The van der Waals surface area contributed by atoms with Gasteiger partial charge in [0.1, 0.15) is 5.56 Å². The third kappa shape index (κ3) is 1.88. The van der Waals surface area contributed by atoms with Gasteiger partial charge in [0.15, 0.2) is 5.72 Å². The van der Waals surface area contributed by atoms with Gasteiger partial charge in [0.05, 0.1) is 11.2 Å². The summed E-state index contributed by atoms with van der Waals surface area (Å²) in [6.07, 6.45) is 0.358. The number of pyridine rings is 1. The van der Waals surface area contributed by atoms with Crippen LogP contribution >= 0.6 is 0 Å². The molecule has 0 unspecified atom stereocenters. The molecule has 1 aromatic carbocycles. The van der Waals surface area contributed by atoms with Crippen LogP contribution in [0.5, 0.6) is 0 Å². The molecule has 2 N–H and O–H groups in total. The number of carbonyl (C=O) groups excluding carboxylic acids is 1. The average Bonchev–Trinajstić information content (AvgIpc) is 2.66. The second-order valence-corrected chi connectivity index (χ2v) is 6.04. The summed E-state index contributed by atoms with van der Waals surface area (Å²) in [5.41, 5.74) is -0.682. The number of aromatic nitrogens is 1. The number of rotatable bonds is 2. The maximum atomic E-state index is 12.6. The van der Waals surface area contributed by atoms with Crippen molar-refractivity contribution in [3.05, 3.63) is 45.7 Å². The smallest absolute Gasteiger partial charge is 0.259 e. The van der Waals surface area contributed by atoms with Crippen molar-refractivity contribution in [3.8, 4) is 0 Å². The molecule has 0 fully saturated rings. The molecular formula is C16H18N2O3. The number of fused-ring (bicyclic) bond motifs is 2. The Labute approximate surface area is 122 Å². The molecule has 5 nitrogen and oxygen atoms in total. The van der Waals surface area contributed by atoms with Crippen LogP contribution in [0.4, 0.5) is 0 Å². The molecule has 1 amide bonds. The van der Waals surface area contributed by atoms with E-state index in [1.165, 1.54) is 0 Å². The van der Waals surface area contributed by atoms with Gasteiger partial charge in [0, 0.05) is 18.9 Å². The van der Waals surface area contributed by atoms with E-state index in [-0.39, 0.29) is 16.9 Å². The van der Waals surface area contributed by atoms with Gasteiger partial charge in [0.25, 0.3) is 5.91 Å². The summed E-state index contributed by atoms with van der Waals surface area (Å²) >= 11 is 0. The number of carbonyl (C=O) groups is 1. The Bertz CT molecular complexity index is 807. The quantitative estimate of drug-likeness (QED) is 0.878. The fourth-order valence-electron chi connectivity index (χ4n) is 3.23. The number of nitrogens with zero attached hydrogens (tertiary/aromatic N) is 1. The third-order valence-corrected chi connectivity index (χ3v) is 3.95. The number of benzene rings is 1. The Kier molecular flexibility index (Phi) is 2.92. The van der Waals surface area contributed by atoms with Gasteiger partial charge in [-0.3, -0.25) is 9.59 Å². The van der Waals surface area contributed by atoms with E-state index in [9.17, 15) is 14.7 Å². The fourth-order valence-corrected chi connectivity index (χ4v) is 3.23. The van der Waals surface area contributed by atoms with Crippen LogP contribution in [0.15, 0.2) is 29.1 Å². The van der Waals surface area contributed by atoms with Crippen LogP contribution in [0.2, 0.25) is 0 Å². The zero-order chi connectivity index (χ0) is 15.4. The number of hydrogen-bond donors (Lipinski definition) is 2. The molecule has 1 aromatic heterocycles. The molecule has 1 aliphatic rings. The molecule has 1 atom stereocenters. The van der Waals surface area contributed by atoms with E-state index < -0.39 is 11.6 Å². The fraction of sp³-hybridized carbons (Fsp3) is 0.375. The summed E-state index contributed by atoms with van der Waals surface area (Å²) in [5, 5.41) is 13.9. The molecule has 0 spiro atoms. The normalized spacial score (nSPS) is 20.9. The second kappa shape index (κ2) is 4.43. The summed E-state index contributed by atoms with van der Waals surface area (Å²) in [5.74, 6) is -0.331. The van der Waals surface area contributed by atoms with Crippen LogP contribution in [0.1, 0.15) is 36.3 Å². The van der Waals surface area contributed by atoms with Crippen LogP contribution in [0.25, 0.3) is 10.9 Å². The molecule has 0 saturated carbocycles. The van der Waals surface area contributed by atoms with Gasteiger partial charge in [-0.25, -0.2) is 0 Å². The Hall–Kier alpha value is -2.14. The van der Waals surface area contributed by atoms with E-state index in [0.29, 0.717) is 23.0 Å². The topological polar surface area (TPSA) is 71.3 Å². The van der Waals surface area contributed by atoms with Crippen molar-refractivity contribution >= 4 is 16.8 Å². The predicted octanol–water partition coefficient (Wildman–Crippen LogP) is 1.47. The molecule has 110 valence electrons. The maximum Gasteiger partial charge on any atom is 0.259 e. The minimum absolute atomic E-state index is 0.0550. The number of aryl methyl sites for hydroxylation is 1. The summed E-state index contributed by atoms with van der Waals surface area (Å²) < 4.78 is 1.74. The van der Waals surface area contributed by atoms with Crippen molar-refractivity contribution in [2.75, 3.05) is 0 Å². The first-order valence-corrected chi connectivity index (χ1v) is 7.02. The van der Waals surface area contributed by atoms with Gasteiger partial charge < -0.3 is 15.0 Å². The van der Waals surface area contributed by atoms with E-state index in [1.54, 1.807) is 23.7 Å². The van der Waals surface area contributed by atoms with Gasteiger partial charge in [-0.2, -0.15) is 0 Å². The zero-order valence-corrected chi connectivity index (χ0v) is 12.3. The van der Waals surface area contributed by atoms with Crippen LogP contribution < -0.4 is 10.7 Å². The Balaban J connectivity index is 2.41. The van der Waals surface area contributed by atoms with E-state index in [1.807, 2.05) is 26.0 Å². The van der Waals surface area contributed by atoms with Gasteiger partial charge in [-0.1, -0.05) is 26.0 Å². The van der Waals surface area contributed by atoms with E-state index in [2.05, 4.69) is 5.32 Å². The van der Waals surface area contributed by atoms with E-state index in [4.69, 9.17) is 0 Å². The molecule has 21 heavy (non-hydrogen) atoms.